The summed E-state index contributed by atoms with van der Waals surface area (Å²) in [5.74, 6) is -2.03. The van der Waals surface area contributed by atoms with Crippen LogP contribution in [0.15, 0.2) is 53.4 Å². The van der Waals surface area contributed by atoms with Crippen LogP contribution in [0.2, 0.25) is 0 Å². The molecule has 1 heterocycles. The van der Waals surface area contributed by atoms with Gasteiger partial charge in [-0.25, -0.2) is 22.3 Å². The number of ether oxygens (including phenoxy) is 1. The lowest BCUT2D eigenvalue weighted by Crippen LogP contribution is -2.61. The van der Waals surface area contributed by atoms with E-state index in [1.165, 1.54) is 36.1 Å². The van der Waals surface area contributed by atoms with E-state index < -0.39 is 39.6 Å². The molecule has 3 rings (SSSR count). The van der Waals surface area contributed by atoms with Crippen molar-refractivity contribution >= 4 is 28.0 Å². The zero-order valence-electron chi connectivity index (χ0n) is 23.6. The van der Waals surface area contributed by atoms with Crippen molar-refractivity contribution in [3.05, 3.63) is 59.7 Å². The zero-order chi connectivity index (χ0) is 29.7. The van der Waals surface area contributed by atoms with Crippen molar-refractivity contribution in [2.45, 2.75) is 49.6 Å². The molecule has 1 aliphatic rings. The van der Waals surface area contributed by atoms with E-state index in [0.717, 1.165) is 5.56 Å². The first-order chi connectivity index (χ1) is 18.8. The fourth-order valence-corrected chi connectivity index (χ4v) is 6.13. The van der Waals surface area contributed by atoms with Crippen LogP contribution in [0.25, 0.3) is 0 Å². The van der Waals surface area contributed by atoms with E-state index in [9.17, 15) is 27.9 Å². The molecule has 2 amide bonds. The third-order valence-electron chi connectivity index (χ3n) is 6.90. The molecule has 2 aromatic carbocycles. The average Bonchev–Trinajstić information content (AvgIpc) is 3.43. The summed E-state index contributed by atoms with van der Waals surface area (Å²) in [5.41, 5.74) is -0.878. The number of aliphatic carboxylic acids is 1. The third kappa shape index (κ3) is 7.18. The van der Waals surface area contributed by atoms with Crippen molar-refractivity contribution in [1.29, 1.82) is 0 Å². The van der Waals surface area contributed by atoms with Gasteiger partial charge >= 0.3 is 12.1 Å². The summed E-state index contributed by atoms with van der Waals surface area (Å²) in [6, 6.07) is 11.2. The fraction of sp³-hybridized carbons (Fsp3) is 0.464. The highest BCUT2D eigenvalue weighted by Gasteiger charge is 2.51. The molecule has 218 valence electrons. The summed E-state index contributed by atoms with van der Waals surface area (Å²) in [4.78, 5) is 42.0. The lowest BCUT2D eigenvalue weighted by Gasteiger charge is -2.38. The first kappa shape index (κ1) is 31.1. The van der Waals surface area contributed by atoms with Crippen molar-refractivity contribution in [2.24, 2.45) is 0 Å². The summed E-state index contributed by atoms with van der Waals surface area (Å²) >= 11 is 0. The van der Waals surface area contributed by atoms with Crippen molar-refractivity contribution in [2.75, 3.05) is 40.8 Å². The number of carboxylic acids is 1. The molecule has 0 saturated carbocycles. The van der Waals surface area contributed by atoms with Crippen molar-refractivity contribution in [3.8, 4) is 5.75 Å². The monoisotopic (exact) mass is 574 g/mol. The van der Waals surface area contributed by atoms with Gasteiger partial charge in [0, 0.05) is 26.6 Å². The molecular formula is C28H38N4O7S. The van der Waals surface area contributed by atoms with Gasteiger partial charge in [-0.15, -0.1) is 0 Å². The van der Waals surface area contributed by atoms with Crippen LogP contribution in [0.1, 0.15) is 30.9 Å². The molecule has 0 unspecified atom stereocenters. The van der Waals surface area contributed by atoms with Crippen LogP contribution in [0, 0.1) is 6.92 Å². The van der Waals surface area contributed by atoms with Gasteiger partial charge in [-0.1, -0.05) is 29.8 Å². The molecule has 12 heteroatoms. The maximum Gasteiger partial charge on any atom is 0.415 e. The smallest absolute Gasteiger partial charge is 0.415 e. The molecule has 1 fully saturated rings. The van der Waals surface area contributed by atoms with Gasteiger partial charge in [0.1, 0.15) is 5.75 Å². The van der Waals surface area contributed by atoms with Gasteiger partial charge in [-0.2, -0.15) is 0 Å². The number of carbonyl (C=O) groups is 3. The van der Waals surface area contributed by atoms with E-state index in [1.807, 2.05) is 19.0 Å². The number of amides is 2. The predicted molar refractivity (Wildman–Crippen MR) is 150 cm³/mol. The maximum absolute atomic E-state index is 13.9. The Bertz CT molecular complexity index is 1310. The summed E-state index contributed by atoms with van der Waals surface area (Å²) in [5, 5.41) is 13.4. The van der Waals surface area contributed by atoms with Crippen molar-refractivity contribution < 1.29 is 32.6 Å². The van der Waals surface area contributed by atoms with Crippen LogP contribution >= 0.6 is 0 Å². The third-order valence-corrected chi connectivity index (χ3v) is 8.83. The lowest BCUT2D eigenvalue weighted by atomic mass is 9.92. The Kier molecular flexibility index (Phi) is 9.93. The lowest BCUT2D eigenvalue weighted by molar-refractivity contribution is -0.153. The van der Waals surface area contributed by atoms with Crippen LogP contribution in [0.3, 0.4) is 0 Å². The maximum atomic E-state index is 13.9. The van der Waals surface area contributed by atoms with Gasteiger partial charge in [0.2, 0.25) is 0 Å². The SMILES string of the molecule is Cc1ccc(S(=O)(=O)N(C(=O)[C@@H]2CCCN2)[C@@](C)(Cc2ccc(OC(=O)N(C)CCN(C)C)cc2)C(=O)O)cc1. The minimum absolute atomic E-state index is 0.169. The number of benzene rings is 2. The van der Waals surface area contributed by atoms with Gasteiger partial charge in [0.15, 0.2) is 5.54 Å². The van der Waals surface area contributed by atoms with Gasteiger partial charge < -0.3 is 25.0 Å². The second kappa shape index (κ2) is 12.8. The highest BCUT2D eigenvalue weighted by Crippen LogP contribution is 2.31. The Hall–Kier alpha value is -3.48. The number of likely N-dealkylation sites (N-methyl/N-ethyl adjacent to an activating group) is 2. The summed E-state index contributed by atoms with van der Waals surface area (Å²) < 4.78 is 33.7. The minimum Gasteiger partial charge on any atom is -0.479 e. The van der Waals surface area contributed by atoms with Crippen LogP contribution in [0.5, 0.6) is 5.75 Å². The standard InChI is InChI=1S/C28H38N4O7S/c1-20-8-14-23(15-9-20)40(37,38)32(25(33)24-7-6-16-29-24)28(2,26(34)35)19-21-10-12-22(13-11-21)39-27(36)31(5)18-17-30(3)4/h8-15,24,29H,6-7,16-19H2,1-5H3,(H,34,35)/t24-,28-/m0/s1. The molecule has 2 aromatic rings. The van der Waals surface area contributed by atoms with E-state index in [1.54, 1.807) is 38.2 Å². The first-order valence-corrected chi connectivity index (χ1v) is 14.5. The number of hydrogen-bond acceptors (Lipinski definition) is 8. The zero-order valence-corrected chi connectivity index (χ0v) is 24.4. The highest BCUT2D eigenvalue weighted by molar-refractivity contribution is 7.89. The minimum atomic E-state index is -4.54. The summed E-state index contributed by atoms with van der Waals surface area (Å²) in [7, 11) is 0.878. The van der Waals surface area contributed by atoms with E-state index in [-0.39, 0.29) is 17.1 Å². The molecular weight excluding hydrogens is 536 g/mol. The van der Waals surface area contributed by atoms with E-state index in [0.29, 0.717) is 42.3 Å². The molecule has 40 heavy (non-hydrogen) atoms. The van der Waals surface area contributed by atoms with Crippen molar-refractivity contribution in [3.63, 3.8) is 0 Å². The number of sulfonamides is 1. The number of nitrogens with one attached hydrogen (secondary N) is 1. The molecule has 11 nitrogen and oxygen atoms in total. The van der Waals surface area contributed by atoms with Gasteiger partial charge in [-0.3, -0.25) is 4.79 Å². The number of aryl methyl sites for hydroxylation is 1. The quantitative estimate of drug-likeness (QED) is 0.414. The second-order valence-corrected chi connectivity index (χ2v) is 12.3. The first-order valence-electron chi connectivity index (χ1n) is 13.0. The number of carbonyl (C=O) groups excluding carboxylic acids is 2. The van der Waals surface area contributed by atoms with Gasteiger partial charge in [0.05, 0.1) is 10.9 Å². The van der Waals surface area contributed by atoms with Crippen LogP contribution in [-0.2, 0) is 26.0 Å². The Morgan fingerprint density at radius 1 is 1.02 bits per heavy atom. The van der Waals surface area contributed by atoms with Crippen LogP contribution < -0.4 is 10.1 Å². The second-order valence-electron chi connectivity index (χ2n) is 10.6. The number of nitrogens with zero attached hydrogens (tertiary/aromatic N) is 3. The molecule has 1 aliphatic heterocycles. The van der Waals surface area contributed by atoms with E-state index in [4.69, 9.17) is 4.74 Å². The Morgan fingerprint density at radius 3 is 2.17 bits per heavy atom. The summed E-state index contributed by atoms with van der Waals surface area (Å²) in [6.07, 6.45) is 0.221. The Morgan fingerprint density at radius 2 is 1.65 bits per heavy atom. The topological polar surface area (TPSA) is 137 Å². The molecule has 2 atom stereocenters. The van der Waals surface area contributed by atoms with E-state index in [2.05, 4.69) is 5.32 Å². The van der Waals surface area contributed by atoms with E-state index >= 15 is 0 Å². The number of carboxylic acid groups (broad SMARTS) is 1. The largest absolute Gasteiger partial charge is 0.479 e. The fourth-order valence-electron chi connectivity index (χ4n) is 4.41. The molecule has 0 bridgehead atoms. The van der Waals surface area contributed by atoms with Crippen LogP contribution in [-0.4, -0.2) is 98.0 Å². The molecule has 0 radical (unpaired) electrons. The molecule has 2 N–H and O–H groups in total. The van der Waals surface area contributed by atoms with Gasteiger partial charge in [-0.05, 0) is 77.2 Å². The van der Waals surface area contributed by atoms with Gasteiger partial charge in [0.25, 0.3) is 15.9 Å². The number of rotatable bonds is 11. The number of hydrogen-bond donors (Lipinski definition) is 2. The highest BCUT2D eigenvalue weighted by atomic mass is 32.2. The van der Waals surface area contributed by atoms with Crippen LogP contribution in [0.4, 0.5) is 4.79 Å². The molecule has 0 spiro atoms. The Labute approximate surface area is 235 Å². The normalized spacial score (nSPS) is 16.8. The van der Waals surface area contributed by atoms with Crippen molar-refractivity contribution in [1.82, 2.24) is 19.4 Å². The average molecular weight is 575 g/mol. The Balaban J connectivity index is 1.91. The molecule has 0 aliphatic carbocycles. The molecule has 1 saturated heterocycles. The summed E-state index contributed by atoms with van der Waals surface area (Å²) in [6.45, 7) is 4.70. The predicted octanol–water partition coefficient (Wildman–Crippen LogP) is 2.34. The molecule has 0 aromatic heterocycles.